The molecule has 6 heteroatoms. The van der Waals surface area contributed by atoms with E-state index in [2.05, 4.69) is 21.3 Å². The Morgan fingerprint density at radius 1 is 1.32 bits per heavy atom. The highest BCUT2D eigenvalue weighted by molar-refractivity contribution is 6.30. The van der Waals surface area contributed by atoms with Crippen LogP contribution in [0.5, 0.6) is 5.75 Å². The lowest BCUT2D eigenvalue weighted by Gasteiger charge is -2.28. The van der Waals surface area contributed by atoms with E-state index in [4.69, 9.17) is 16.3 Å². The van der Waals surface area contributed by atoms with E-state index in [0.29, 0.717) is 17.3 Å². The van der Waals surface area contributed by atoms with Gasteiger partial charge in [-0.25, -0.2) is 0 Å². The molecule has 2 heterocycles. The highest BCUT2D eigenvalue weighted by Gasteiger charge is 2.24. The van der Waals surface area contributed by atoms with E-state index < -0.39 is 0 Å². The van der Waals surface area contributed by atoms with Crippen LogP contribution >= 0.6 is 11.6 Å². The van der Waals surface area contributed by atoms with Gasteiger partial charge in [0.1, 0.15) is 11.4 Å². The van der Waals surface area contributed by atoms with Crippen LogP contribution < -0.4 is 10.1 Å². The lowest BCUT2D eigenvalue weighted by Crippen LogP contribution is -2.37. The first-order chi connectivity index (χ1) is 12.2. The number of ether oxygens (including phenoxy) is 1. The molecule has 0 bridgehead atoms. The van der Waals surface area contributed by atoms with Crippen molar-refractivity contribution < 1.29 is 9.53 Å². The molecule has 3 rings (SSSR count). The Morgan fingerprint density at radius 3 is 2.84 bits per heavy atom. The summed E-state index contributed by atoms with van der Waals surface area (Å²) in [6.07, 6.45) is 3.91. The standard InChI is InChI=1S/C19H22ClN3O2/c1-25-16-6-4-5-14(11-16)18(23-9-2-3-10-23)13-22-19(24)17-12-15(20)7-8-21-17/h4-8,11-12,18H,2-3,9-10,13H2,1H3,(H,22,24)/t18-/m0/s1. The number of rotatable bonds is 6. The fourth-order valence-corrected chi connectivity index (χ4v) is 3.33. The largest absolute Gasteiger partial charge is 0.497 e. The molecule has 1 N–H and O–H groups in total. The summed E-state index contributed by atoms with van der Waals surface area (Å²) in [6.45, 7) is 2.58. The third-order valence-electron chi connectivity index (χ3n) is 4.47. The normalized spacial score (nSPS) is 15.8. The molecule has 1 atom stereocenters. The van der Waals surface area contributed by atoms with Gasteiger partial charge in [-0.2, -0.15) is 0 Å². The Hall–Kier alpha value is -2.11. The maximum absolute atomic E-state index is 12.4. The second kappa shape index (κ2) is 8.32. The van der Waals surface area contributed by atoms with Gasteiger partial charge < -0.3 is 10.1 Å². The maximum atomic E-state index is 12.4. The monoisotopic (exact) mass is 359 g/mol. The molecule has 0 saturated carbocycles. The van der Waals surface area contributed by atoms with Crippen molar-refractivity contribution in [3.63, 3.8) is 0 Å². The quantitative estimate of drug-likeness (QED) is 0.859. The van der Waals surface area contributed by atoms with E-state index >= 15 is 0 Å². The SMILES string of the molecule is COc1cccc([C@H](CNC(=O)c2cc(Cl)ccn2)N2CCCC2)c1. The molecule has 1 saturated heterocycles. The molecular weight excluding hydrogens is 338 g/mol. The zero-order valence-electron chi connectivity index (χ0n) is 14.2. The molecule has 1 fully saturated rings. The minimum absolute atomic E-state index is 0.112. The first kappa shape index (κ1) is 17.7. The number of benzene rings is 1. The zero-order valence-corrected chi connectivity index (χ0v) is 15.0. The highest BCUT2D eigenvalue weighted by Crippen LogP contribution is 2.27. The van der Waals surface area contributed by atoms with Crippen LogP contribution in [-0.2, 0) is 0 Å². The fourth-order valence-electron chi connectivity index (χ4n) is 3.17. The summed E-state index contributed by atoms with van der Waals surface area (Å²) in [5.41, 5.74) is 1.47. The van der Waals surface area contributed by atoms with E-state index in [1.54, 1.807) is 19.2 Å². The van der Waals surface area contributed by atoms with E-state index in [1.165, 1.54) is 19.0 Å². The summed E-state index contributed by atoms with van der Waals surface area (Å²) in [5, 5.41) is 3.50. The number of halogens is 1. The third-order valence-corrected chi connectivity index (χ3v) is 4.71. The number of hydrogen-bond donors (Lipinski definition) is 1. The molecule has 0 aliphatic carbocycles. The number of hydrogen-bond acceptors (Lipinski definition) is 4. The number of likely N-dealkylation sites (tertiary alicyclic amines) is 1. The van der Waals surface area contributed by atoms with Crippen LogP contribution in [0.15, 0.2) is 42.6 Å². The van der Waals surface area contributed by atoms with Gasteiger partial charge >= 0.3 is 0 Å². The van der Waals surface area contributed by atoms with Crippen molar-refractivity contribution >= 4 is 17.5 Å². The Morgan fingerprint density at radius 2 is 2.12 bits per heavy atom. The summed E-state index contributed by atoms with van der Waals surface area (Å²) in [6, 6.07) is 11.4. The van der Waals surface area contributed by atoms with E-state index in [-0.39, 0.29) is 11.9 Å². The summed E-state index contributed by atoms with van der Waals surface area (Å²) >= 11 is 5.94. The van der Waals surface area contributed by atoms with Gasteiger partial charge in [-0.1, -0.05) is 23.7 Å². The molecule has 1 aliphatic rings. The van der Waals surface area contributed by atoms with Crippen molar-refractivity contribution in [3.8, 4) is 5.75 Å². The van der Waals surface area contributed by atoms with Gasteiger partial charge in [0.25, 0.3) is 5.91 Å². The second-order valence-corrected chi connectivity index (χ2v) is 6.54. The van der Waals surface area contributed by atoms with Crippen molar-refractivity contribution in [1.82, 2.24) is 15.2 Å². The molecule has 1 aromatic carbocycles. The van der Waals surface area contributed by atoms with Gasteiger partial charge in [-0.15, -0.1) is 0 Å². The number of carbonyl (C=O) groups excluding carboxylic acids is 1. The topological polar surface area (TPSA) is 54.5 Å². The Bertz CT molecular complexity index is 732. The summed E-state index contributed by atoms with van der Waals surface area (Å²) in [4.78, 5) is 18.9. The van der Waals surface area contributed by atoms with Crippen molar-refractivity contribution in [1.29, 1.82) is 0 Å². The molecule has 1 amide bonds. The van der Waals surface area contributed by atoms with Crippen LogP contribution in [0.3, 0.4) is 0 Å². The van der Waals surface area contributed by atoms with Crippen LogP contribution in [0.25, 0.3) is 0 Å². The zero-order chi connectivity index (χ0) is 17.6. The Balaban J connectivity index is 1.74. The predicted octanol–water partition coefficient (Wildman–Crippen LogP) is 3.31. The lowest BCUT2D eigenvalue weighted by molar-refractivity contribution is 0.0933. The van der Waals surface area contributed by atoms with Gasteiger partial charge in [0.15, 0.2) is 0 Å². The first-order valence-electron chi connectivity index (χ1n) is 8.45. The molecular formula is C19H22ClN3O2. The molecule has 1 aromatic heterocycles. The number of aromatic nitrogens is 1. The van der Waals surface area contributed by atoms with E-state index in [0.717, 1.165) is 24.4 Å². The molecule has 0 unspecified atom stereocenters. The minimum Gasteiger partial charge on any atom is -0.497 e. The number of carbonyl (C=O) groups is 1. The lowest BCUT2D eigenvalue weighted by atomic mass is 10.0. The van der Waals surface area contributed by atoms with Crippen LogP contribution in [0, 0.1) is 0 Å². The summed E-state index contributed by atoms with van der Waals surface area (Å²) in [5.74, 6) is 0.610. The van der Waals surface area contributed by atoms with Gasteiger partial charge in [0, 0.05) is 17.8 Å². The van der Waals surface area contributed by atoms with E-state index in [1.807, 2.05) is 18.2 Å². The number of methoxy groups -OCH3 is 1. The summed E-state index contributed by atoms with van der Waals surface area (Å²) < 4.78 is 5.35. The van der Waals surface area contributed by atoms with Gasteiger partial charge in [0.2, 0.25) is 0 Å². The molecule has 2 aromatic rings. The van der Waals surface area contributed by atoms with Crippen LogP contribution in [0.4, 0.5) is 0 Å². The molecule has 1 aliphatic heterocycles. The van der Waals surface area contributed by atoms with Gasteiger partial charge in [-0.3, -0.25) is 14.7 Å². The maximum Gasteiger partial charge on any atom is 0.269 e. The van der Waals surface area contributed by atoms with Crippen LogP contribution in [-0.4, -0.2) is 42.5 Å². The van der Waals surface area contributed by atoms with Gasteiger partial charge in [-0.05, 0) is 55.8 Å². The molecule has 5 nitrogen and oxygen atoms in total. The Kier molecular flexibility index (Phi) is 5.89. The first-order valence-corrected chi connectivity index (χ1v) is 8.83. The molecule has 0 radical (unpaired) electrons. The van der Waals surface area contributed by atoms with Crippen LogP contribution in [0.1, 0.15) is 34.9 Å². The number of nitrogens with one attached hydrogen (secondary N) is 1. The summed E-state index contributed by atoms with van der Waals surface area (Å²) in [7, 11) is 1.66. The smallest absolute Gasteiger partial charge is 0.269 e. The number of nitrogens with zero attached hydrogens (tertiary/aromatic N) is 2. The second-order valence-electron chi connectivity index (χ2n) is 6.10. The molecule has 0 spiro atoms. The number of pyridine rings is 1. The Labute approximate surface area is 153 Å². The van der Waals surface area contributed by atoms with Gasteiger partial charge in [0.05, 0.1) is 13.2 Å². The van der Waals surface area contributed by atoms with Crippen molar-refractivity contribution in [2.24, 2.45) is 0 Å². The minimum atomic E-state index is -0.213. The average molecular weight is 360 g/mol. The number of amides is 1. The average Bonchev–Trinajstić information content (AvgIpc) is 3.16. The van der Waals surface area contributed by atoms with Crippen molar-refractivity contribution in [3.05, 3.63) is 58.9 Å². The van der Waals surface area contributed by atoms with E-state index in [9.17, 15) is 4.79 Å². The highest BCUT2D eigenvalue weighted by atomic mass is 35.5. The van der Waals surface area contributed by atoms with Crippen LogP contribution in [0.2, 0.25) is 5.02 Å². The van der Waals surface area contributed by atoms with Crippen molar-refractivity contribution in [2.75, 3.05) is 26.7 Å². The third kappa shape index (κ3) is 4.50. The van der Waals surface area contributed by atoms with Crippen molar-refractivity contribution in [2.45, 2.75) is 18.9 Å². The molecule has 25 heavy (non-hydrogen) atoms. The molecule has 132 valence electrons. The fraction of sp³-hybridized carbons (Fsp3) is 0.368. The predicted molar refractivity (Wildman–Crippen MR) is 98.1 cm³/mol.